The van der Waals surface area contributed by atoms with E-state index in [-0.39, 0.29) is 11.8 Å². The molecular weight excluding hydrogens is 224 g/mol. The largest absolute Gasteiger partial charge is 0.467 e. The number of methoxy groups -OCH3 is 1. The molecule has 6 nitrogen and oxygen atoms in total. The monoisotopic (exact) mass is 244 g/mol. The van der Waals surface area contributed by atoms with Crippen LogP contribution in [-0.4, -0.2) is 50.8 Å². The average Bonchev–Trinajstić information content (AvgIpc) is 2.35. The molecule has 17 heavy (non-hydrogen) atoms. The van der Waals surface area contributed by atoms with Crippen molar-refractivity contribution in [2.45, 2.75) is 26.0 Å². The number of rotatable bonds is 4. The Labute approximate surface area is 101 Å². The highest BCUT2D eigenvalue weighted by atomic mass is 16.5. The van der Waals surface area contributed by atoms with Crippen molar-refractivity contribution in [2.24, 2.45) is 5.92 Å². The highest BCUT2D eigenvalue weighted by Crippen LogP contribution is 2.05. The molecule has 0 radical (unpaired) electrons. The summed E-state index contributed by atoms with van der Waals surface area (Å²) in [6, 6.07) is -0.627. The van der Waals surface area contributed by atoms with Crippen LogP contribution in [0.15, 0.2) is 0 Å². The highest BCUT2D eigenvalue weighted by molar-refractivity contribution is 5.87. The number of morpholine rings is 1. The zero-order chi connectivity index (χ0) is 12.8. The van der Waals surface area contributed by atoms with E-state index in [4.69, 9.17) is 4.74 Å². The molecule has 1 aliphatic rings. The van der Waals surface area contributed by atoms with Crippen molar-refractivity contribution in [1.29, 1.82) is 0 Å². The molecule has 1 rings (SSSR count). The minimum absolute atomic E-state index is 0.0250. The Hall–Kier alpha value is -1.14. The molecule has 1 aliphatic heterocycles. The van der Waals surface area contributed by atoms with E-state index in [0.29, 0.717) is 13.2 Å². The lowest BCUT2D eigenvalue weighted by Crippen LogP contribution is -2.53. The van der Waals surface area contributed by atoms with Gasteiger partial charge in [0.05, 0.1) is 13.7 Å². The standard InChI is InChI=1S/C11H20N2O4/c1-7(2)9(11(15)16-3)13-10(14)8-6-12-4-5-17-8/h7-9,12H,4-6H2,1-3H3,(H,13,14)/t8?,9-/m0/s1. The van der Waals surface area contributed by atoms with Crippen LogP contribution in [0.25, 0.3) is 0 Å². The molecule has 1 fully saturated rings. The molecule has 0 aromatic carbocycles. The first-order chi connectivity index (χ1) is 8.06. The van der Waals surface area contributed by atoms with Gasteiger partial charge in [0.2, 0.25) is 0 Å². The Morgan fingerprint density at radius 2 is 2.18 bits per heavy atom. The van der Waals surface area contributed by atoms with Crippen molar-refractivity contribution < 1.29 is 19.1 Å². The van der Waals surface area contributed by atoms with Gasteiger partial charge >= 0.3 is 5.97 Å². The van der Waals surface area contributed by atoms with Gasteiger partial charge in [0.1, 0.15) is 12.1 Å². The molecule has 6 heteroatoms. The first kappa shape index (κ1) is 13.9. The third-order valence-corrected chi connectivity index (χ3v) is 2.64. The molecule has 0 spiro atoms. The van der Waals surface area contributed by atoms with E-state index < -0.39 is 18.1 Å². The van der Waals surface area contributed by atoms with Gasteiger partial charge in [-0.05, 0) is 5.92 Å². The molecule has 0 aromatic rings. The summed E-state index contributed by atoms with van der Waals surface area (Å²) in [5.74, 6) is -0.735. The number of ether oxygens (including phenoxy) is 2. The molecule has 2 atom stereocenters. The van der Waals surface area contributed by atoms with Crippen LogP contribution in [0, 0.1) is 5.92 Å². The van der Waals surface area contributed by atoms with Crippen molar-refractivity contribution in [3.05, 3.63) is 0 Å². The normalized spacial score (nSPS) is 22.0. The van der Waals surface area contributed by atoms with Gasteiger partial charge in [0.15, 0.2) is 0 Å². The molecule has 0 bridgehead atoms. The van der Waals surface area contributed by atoms with Crippen LogP contribution < -0.4 is 10.6 Å². The van der Waals surface area contributed by atoms with Gasteiger partial charge in [-0.15, -0.1) is 0 Å². The summed E-state index contributed by atoms with van der Waals surface area (Å²) in [5, 5.41) is 5.72. The smallest absolute Gasteiger partial charge is 0.328 e. The first-order valence-electron chi connectivity index (χ1n) is 5.76. The van der Waals surface area contributed by atoms with Crippen molar-refractivity contribution in [1.82, 2.24) is 10.6 Å². The number of hydrogen-bond acceptors (Lipinski definition) is 5. The summed E-state index contributed by atoms with van der Waals surface area (Å²) in [6.45, 7) is 5.42. The number of hydrogen-bond donors (Lipinski definition) is 2. The number of esters is 1. The minimum Gasteiger partial charge on any atom is -0.467 e. The summed E-state index contributed by atoms with van der Waals surface area (Å²) >= 11 is 0. The zero-order valence-electron chi connectivity index (χ0n) is 10.5. The number of carbonyl (C=O) groups is 2. The summed E-state index contributed by atoms with van der Waals surface area (Å²) < 4.78 is 9.96. The Morgan fingerprint density at radius 1 is 1.47 bits per heavy atom. The maximum absolute atomic E-state index is 11.8. The second-order valence-electron chi connectivity index (χ2n) is 4.32. The lowest BCUT2D eigenvalue weighted by Gasteiger charge is -2.26. The van der Waals surface area contributed by atoms with E-state index in [2.05, 4.69) is 15.4 Å². The molecule has 1 unspecified atom stereocenters. The van der Waals surface area contributed by atoms with E-state index in [9.17, 15) is 9.59 Å². The average molecular weight is 244 g/mol. The van der Waals surface area contributed by atoms with Crippen LogP contribution in [0.1, 0.15) is 13.8 Å². The van der Waals surface area contributed by atoms with Gasteiger partial charge < -0.3 is 20.1 Å². The van der Waals surface area contributed by atoms with Crippen molar-refractivity contribution in [3.63, 3.8) is 0 Å². The van der Waals surface area contributed by atoms with Gasteiger partial charge in [-0.1, -0.05) is 13.8 Å². The Balaban J connectivity index is 2.54. The third-order valence-electron chi connectivity index (χ3n) is 2.64. The lowest BCUT2D eigenvalue weighted by atomic mass is 10.0. The Bertz CT molecular complexity index is 275. The fraction of sp³-hybridized carbons (Fsp3) is 0.818. The molecule has 0 aliphatic carbocycles. The van der Waals surface area contributed by atoms with Crippen LogP contribution in [0.3, 0.4) is 0 Å². The van der Waals surface area contributed by atoms with E-state index in [1.54, 1.807) is 0 Å². The van der Waals surface area contributed by atoms with Gasteiger partial charge in [0.25, 0.3) is 5.91 Å². The van der Waals surface area contributed by atoms with Crippen LogP contribution in [0.4, 0.5) is 0 Å². The maximum Gasteiger partial charge on any atom is 0.328 e. The predicted octanol–water partition coefficient (Wildman–Crippen LogP) is -0.711. The zero-order valence-corrected chi connectivity index (χ0v) is 10.5. The van der Waals surface area contributed by atoms with Gasteiger partial charge in [0, 0.05) is 13.1 Å². The van der Waals surface area contributed by atoms with E-state index in [1.165, 1.54) is 7.11 Å². The highest BCUT2D eigenvalue weighted by Gasteiger charge is 2.29. The number of nitrogens with one attached hydrogen (secondary N) is 2. The summed E-state index contributed by atoms with van der Waals surface area (Å²) in [7, 11) is 1.31. The molecule has 0 aromatic heterocycles. The second kappa shape index (κ2) is 6.56. The number of carbonyl (C=O) groups excluding carboxylic acids is 2. The summed E-state index contributed by atoms with van der Waals surface area (Å²) in [4.78, 5) is 23.3. The fourth-order valence-electron chi connectivity index (χ4n) is 1.60. The van der Waals surface area contributed by atoms with Crippen LogP contribution in [0.5, 0.6) is 0 Å². The summed E-state index contributed by atoms with van der Waals surface area (Å²) in [6.07, 6.45) is -0.533. The van der Waals surface area contributed by atoms with E-state index in [1.807, 2.05) is 13.8 Å². The fourth-order valence-corrected chi connectivity index (χ4v) is 1.60. The molecular formula is C11H20N2O4. The van der Waals surface area contributed by atoms with Crippen LogP contribution >= 0.6 is 0 Å². The van der Waals surface area contributed by atoms with Crippen molar-refractivity contribution >= 4 is 11.9 Å². The van der Waals surface area contributed by atoms with E-state index >= 15 is 0 Å². The third kappa shape index (κ3) is 3.98. The maximum atomic E-state index is 11.8. The lowest BCUT2D eigenvalue weighted by molar-refractivity contribution is -0.148. The van der Waals surface area contributed by atoms with Gasteiger partial charge in [-0.3, -0.25) is 4.79 Å². The quantitative estimate of drug-likeness (QED) is 0.639. The van der Waals surface area contributed by atoms with Crippen molar-refractivity contribution in [3.8, 4) is 0 Å². The van der Waals surface area contributed by atoms with Crippen LogP contribution in [0.2, 0.25) is 0 Å². The van der Waals surface area contributed by atoms with E-state index in [0.717, 1.165) is 6.54 Å². The summed E-state index contributed by atoms with van der Waals surface area (Å²) in [5.41, 5.74) is 0. The van der Waals surface area contributed by atoms with Crippen LogP contribution in [-0.2, 0) is 19.1 Å². The second-order valence-corrected chi connectivity index (χ2v) is 4.32. The Kier molecular flexibility index (Phi) is 5.37. The Morgan fingerprint density at radius 3 is 2.65 bits per heavy atom. The predicted molar refractivity (Wildman–Crippen MR) is 61.4 cm³/mol. The van der Waals surface area contributed by atoms with Gasteiger partial charge in [-0.25, -0.2) is 4.79 Å². The SMILES string of the molecule is COC(=O)[C@@H](NC(=O)C1CNCCO1)C(C)C. The molecule has 0 saturated carbocycles. The molecule has 2 N–H and O–H groups in total. The van der Waals surface area contributed by atoms with Gasteiger partial charge in [-0.2, -0.15) is 0 Å². The topological polar surface area (TPSA) is 76.7 Å². The number of amides is 1. The molecule has 1 saturated heterocycles. The molecule has 1 amide bonds. The minimum atomic E-state index is -0.627. The van der Waals surface area contributed by atoms with Crippen molar-refractivity contribution in [2.75, 3.05) is 26.8 Å². The first-order valence-corrected chi connectivity index (χ1v) is 5.76. The molecule has 1 heterocycles. The molecule has 98 valence electrons.